The van der Waals surface area contributed by atoms with Gasteiger partial charge in [0, 0.05) is 12.0 Å². The predicted molar refractivity (Wildman–Crippen MR) is 78.1 cm³/mol. The monoisotopic (exact) mass is 278 g/mol. The van der Waals surface area contributed by atoms with Crippen molar-refractivity contribution in [1.82, 2.24) is 0 Å². The number of anilines is 1. The molecular weight excluding hydrogens is 256 g/mol. The molecule has 3 N–H and O–H groups in total. The van der Waals surface area contributed by atoms with E-state index < -0.39 is 0 Å². The smallest absolute Gasteiger partial charge is 0.227 e. The van der Waals surface area contributed by atoms with Crippen LogP contribution >= 0.6 is 0 Å². The molecule has 2 unspecified atom stereocenters. The Kier molecular flexibility index (Phi) is 4.84. The van der Waals surface area contributed by atoms with Crippen molar-refractivity contribution in [3.63, 3.8) is 0 Å². The van der Waals surface area contributed by atoms with Gasteiger partial charge in [0.05, 0.1) is 19.9 Å². The lowest BCUT2D eigenvalue weighted by Gasteiger charge is -2.18. The largest absolute Gasteiger partial charge is 0.497 e. The van der Waals surface area contributed by atoms with Gasteiger partial charge in [-0.2, -0.15) is 0 Å². The molecule has 1 aromatic rings. The van der Waals surface area contributed by atoms with Crippen molar-refractivity contribution in [1.29, 1.82) is 0 Å². The topological polar surface area (TPSA) is 73.6 Å². The summed E-state index contributed by atoms with van der Waals surface area (Å²) in [4.78, 5) is 12.4. The van der Waals surface area contributed by atoms with Gasteiger partial charge in [-0.25, -0.2) is 0 Å². The second kappa shape index (κ2) is 6.61. The molecular formula is C15H22N2O3. The first kappa shape index (κ1) is 14.7. The van der Waals surface area contributed by atoms with Gasteiger partial charge in [-0.05, 0) is 37.4 Å². The first-order valence-electron chi connectivity index (χ1n) is 6.92. The van der Waals surface area contributed by atoms with Crippen LogP contribution in [0.1, 0.15) is 19.3 Å². The molecule has 5 heteroatoms. The zero-order valence-corrected chi connectivity index (χ0v) is 12.0. The van der Waals surface area contributed by atoms with Gasteiger partial charge in [0.1, 0.15) is 11.5 Å². The Morgan fingerprint density at radius 1 is 1.35 bits per heavy atom. The molecule has 0 aliphatic heterocycles. The molecule has 2 rings (SSSR count). The van der Waals surface area contributed by atoms with E-state index in [1.807, 2.05) is 0 Å². The molecule has 1 aliphatic carbocycles. The molecule has 0 aromatic heterocycles. The standard InChI is InChI=1S/C15H22N2O3/c1-19-11-6-7-14(20-2)13(8-11)17-15(18)12-5-3-4-10(12)9-16/h6-8,10,12H,3-5,9,16H2,1-2H3,(H,17,18). The fourth-order valence-corrected chi connectivity index (χ4v) is 2.80. The number of benzene rings is 1. The number of hydrogen-bond acceptors (Lipinski definition) is 4. The average Bonchev–Trinajstić information content (AvgIpc) is 2.95. The zero-order valence-electron chi connectivity index (χ0n) is 12.0. The zero-order chi connectivity index (χ0) is 14.5. The number of nitrogens with one attached hydrogen (secondary N) is 1. The van der Waals surface area contributed by atoms with Crippen LogP contribution in [0, 0.1) is 11.8 Å². The van der Waals surface area contributed by atoms with Gasteiger partial charge in [0.15, 0.2) is 0 Å². The molecule has 2 atom stereocenters. The van der Waals surface area contributed by atoms with Crippen molar-refractivity contribution in [2.45, 2.75) is 19.3 Å². The molecule has 1 saturated carbocycles. The molecule has 5 nitrogen and oxygen atoms in total. The van der Waals surface area contributed by atoms with E-state index in [-0.39, 0.29) is 17.7 Å². The predicted octanol–water partition coefficient (Wildman–Crippen LogP) is 2.02. The Morgan fingerprint density at radius 2 is 2.15 bits per heavy atom. The summed E-state index contributed by atoms with van der Waals surface area (Å²) >= 11 is 0. The fourth-order valence-electron chi connectivity index (χ4n) is 2.80. The third kappa shape index (κ3) is 3.04. The molecule has 1 aromatic carbocycles. The van der Waals surface area contributed by atoms with Crippen LogP contribution in [0.15, 0.2) is 18.2 Å². The van der Waals surface area contributed by atoms with Crippen LogP contribution in [0.5, 0.6) is 11.5 Å². The molecule has 1 fully saturated rings. The molecule has 1 amide bonds. The number of nitrogens with two attached hydrogens (primary N) is 1. The molecule has 1 aliphatic rings. The minimum Gasteiger partial charge on any atom is -0.497 e. The lowest BCUT2D eigenvalue weighted by atomic mass is 9.95. The SMILES string of the molecule is COc1ccc(OC)c(NC(=O)C2CCCC2CN)c1. The van der Waals surface area contributed by atoms with Gasteiger partial charge in [0.2, 0.25) is 5.91 Å². The van der Waals surface area contributed by atoms with Gasteiger partial charge in [-0.15, -0.1) is 0 Å². The fraction of sp³-hybridized carbons (Fsp3) is 0.533. The van der Waals surface area contributed by atoms with Crippen molar-refractivity contribution in [2.75, 3.05) is 26.1 Å². The Hall–Kier alpha value is -1.75. The van der Waals surface area contributed by atoms with Gasteiger partial charge in [-0.1, -0.05) is 6.42 Å². The number of carbonyl (C=O) groups is 1. The van der Waals surface area contributed by atoms with Gasteiger partial charge < -0.3 is 20.5 Å². The van der Waals surface area contributed by atoms with E-state index in [1.54, 1.807) is 32.4 Å². The molecule has 0 bridgehead atoms. The Labute approximate surface area is 119 Å². The highest BCUT2D eigenvalue weighted by Crippen LogP contribution is 2.34. The Morgan fingerprint density at radius 3 is 2.80 bits per heavy atom. The summed E-state index contributed by atoms with van der Waals surface area (Å²) in [6, 6.07) is 5.35. The van der Waals surface area contributed by atoms with Crippen LogP contribution in [0.25, 0.3) is 0 Å². The normalized spacial score (nSPS) is 21.6. The lowest BCUT2D eigenvalue weighted by molar-refractivity contribution is -0.120. The third-order valence-corrected chi connectivity index (χ3v) is 3.96. The van der Waals surface area contributed by atoms with Crippen molar-refractivity contribution in [3.8, 4) is 11.5 Å². The van der Waals surface area contributed by atoms with Gasteiger partial charge >= 0.3 is 0 Å². The van der Waals surface area contributed by atoms with Crippen LogP contribution in [0.2, 0.25) is 0 Å². The van der Waals surface area contributed by atoms with Crippen LogP contribution in [0.4, 0.5) is 5.69 Å². The van der Waals surface area contributed by atoms with Gasteiger partial charge in [-0.3, -0.25) is 4.79 Å². The molecule has 0 saturated heterocycles. The van der Waals surface area contributed by atoms with Crippen LogP contribution in [-0.2, 0) is 4.79 Å². The van der Waals surface area contributed by atoms with E-state index in [1.165, 1.54) is 0 Å². The summed E-state index contributed by atoms with van der Waals surface area (Å²) in [6.45, 7) is 0.563. The minimum absolute atomic E-state index is 0.00379. The van der Waals surface area contributed by atoms with Crippen LogP contribution in [-0.4, -0.2) is 26.7 Å². The average molecular weight is 278 g/mol. The number of amides is 1. The highest BCUT2D eigenvalue weighted by atomic mass is 16.5. The van der Waals surface area contributed by atoms with E-state index >= 15 is 0 Å². The second-order valence-electron chi connectivity index (χ2n) is 5.09. The number of rotatable bonds is 5. The van der Waals surface area contributed by atoms with Crippen molar-refractivity contribution < 1.29 is 14.3 Å². The molecule has 0 radical (unpaired) electrons. The number of hydrogen-bond donors (Lipinski definition) is 2. The summed E-state index contributed by atoms with van der Waals surface area (Å²) in [6.07, 6.45) is 3.00. The maximum absolute atomic E-state index is 12.4. The highest BCUT2D eigenvalue weighted by molar-refractivity contribution is 5.94. The quantitative estimate of drug-likeness (QED) is 0.864. The van der Waals surface area contributed by atoms with Crippen molar-refractivity contribution in [2.24, 2.45) is 17.6 Å². The number of methoxy groups -OCH3 is 2. The maximum atomic E-state index is 12.4. The first-order chi connectivity index (χ1) is 9.69. The van der Waals surface area contributed by atoms with Crippen molar-refractivity contribution in [3.05, 3.63) is 18.2 Å². The van der Waals surface area contributed by atoms with Gasteiger partial charge in [0.25, 0.3) is 0 Å². The van der Waals surface area contributed by atoms with Crippen LogP contribution in [0.3, 0.4) is 0 Å². The van der Waals surface area contributed by atoms with E-state index in [4.69, 9.17) is 15.2 Å². The first-order valence-corrected chi connectivity index (χ1v) is 6.92. The number of ether oxygens (including phenoxy) is 2. The Bertz CT molecular complexity index is 476. The molecule has 0 heterocycles. The molecule has 110 valence electrons. The number of carbonyl (C=O) groups excluding carboxylic acids is 1. The minimum atomic E-state index is -0.00379. The van der Waals surface area contributed by atoms with Crippen molar-refractivity contribution >= 4 is 11.6 Å². The maximum Gasteiger partial charge on any atom is 0.227 e. The summed E-state index contributed by atoms with van der Waals surface area (Å²) in [5, 5.41) is 2.94. The third-order valence-electron chi connectivity index (χ3n) is 3.96. The highest BCUT2D eigenvalue weighted by Gasteiger charge is 2.32. The summed E-state index contributed by atoms with van der Waals surface area (Å²) in [5.41, 5.74) is 6.37. The van der Waals surface area contributed by atoms with E-state index in [0.717, 1.165) is 19.3 Å². The second-order valence-corrected chi connectivity index (χ2v) is 5.09. The molecule has 0 spiro atoms. The molecule has 20 heavy (non-hydrogen) atoms. The summed E-state index contributed by atoms with van der Waals surface area (Å²) in [7, 11) is 3.17. The van der Waals surface area contributed by atoms with E-state index in [9.17, 15) is 4.79 Å². The van der Waals surface area contributed by atoms with E-state index in [2.05, 4.69) is 5.32 Å². The van der Waals surface area contributed by atoms with Crippen LogP contribution < -0.4 is 20.5 Å². The van der Waals surface area contributed by atoms with E-state index in [0.29, 0.717) is 23.7 Å². The summed E-state index contributed by atoms with van der Waals surface area (Å²) < 4.78 is 10.4. The summed E-state index contributed by atoms with van der Waals surface area (Å²) in [5.74, 6) is 1.61. The lowest BCUT2D eigenvalue weighted by Crippen LogP contribution is -2.29. The Balaban J connectivity index is 2.14.